The predicted octanol–water partition coefficient (Wildman–Crippen LogP) is 3.57. The molecule has 160 valence electrons. The maximum atomic E-state index is 13.6. The second-order valence-electron chi connectivity index (χ2n) is 6.15. The van der Waals surface area contributed by atoms with Gasteiger partial charge in [0, 0.05) is 11.6 Å². The minimum atomic E-state index is -4.30. The summed E-state index contributed by atoms with van der Waals surface area (Å²) in [4.78, 5) is -0.511. The summed E-state index contributed by atoms with van der Waals surface area (Å²) < 4.78 is 77.8. The van der Waals surface area contributed by atoms with Crippen molar-refractivity contribution in [1.82, 2.24) is 4.72 Å². The highest BCUT2D eigenvalue weighted by Crippen LogP contribution is 2.31. The number of benzene rings is 2. The number of hydrogen-bond acceptors (Lipinski definition) is 6. The van der Waals surface area contributed by atoms with Crippen molar-refractivity contribution < 1.29 is 30.4 Å². The van der Waals surface area contributed by atoms with Gasteiger partial charge in [-0.3, -0.25) is 0 Å². The fourth-order valence-electron chi connectivity index (χ4n) is 2.75. The van der Waals surface area contributed by atoms with Crippen LogP contribution in [0.25, 0.3) is 0 Å². The third kappa shape index (κ3) is 4.67. The number of ether oxygens (including phenoxy) is 1. The van der Waals surface area contributed by atoms with Crippen LogP contribution in [0.1, 0.15) is 11.0 Å². The van der Waals surface area contributed by atoms with Crippen molar-refractivity contribution in [3.8, 4) is 5.75 Å². The number of methoxy groups -OCH3 is 1. The highest BCUT2D eigenvalue weighted by molar-refractivity contribution is 7.92. The Bertz CT molecular complexity index is 1230. The standard InChI is InChI=1S/C19H17ClFNO6S2/c1-27-16-9-6-14(21)11-18(16)30(25,26)22-12-19(17-3-2-10-28-17)29(23,24)15-7-4-13(20)5-8-15/h2-11,19,22H,12H2,1H3/t19-/m0/s1. The van der Waals surface area contributed by atoms with E-state index in [1.165, 1.54) is 55.8 Å². The van der Waals surface area contributed by atoms with E-state index in [1.54, 1.807) is 0 Å². The highest BCUT2D eigenvalue weighted by atomic mass is 35.5. The van der Waals surface area contributed by atoms with Crippen LogP contribution in [0.5, 0.6) is 5.75 Å². The molecule has 0 radical (unpaired) electrons. The molecule has 0 aliphatic rings. The van der Waals surface area contributed by atoms with E-state index in [0.29, 0.717) is 5.02 Å². The van der Waals surface area contributed by atoms with Gasteiger partial charge in [0.05, 0.1) is 18.3 Å². The summed E-state index contributed by atoms with van der Waals surface area (Å²) >= 11 is 5.82. The lowest BCUT2D eigenvalue weighted by Gasteiger charge is -2.17. The molecule has 1 N–H and O–H groups in total. The predicted molar refractivity (Wildman–Crippen MR) is 108 cm³/mol. The molecule has 30 heavy (non-hydrogen) atoms. The largest absolute Gasteiger partial charge is 0.495 e. The van der Waals surface area contributed by atoms with E-state index in [-0.39, 0.29) is 16.4 Å². The van der Waals surface area contributed by atoms with Gasteiger partial charge in [-0.2, -0.15) is 0 Å². The molecule has 0 aliphatic carbocycles. The fourth-order valence-corrected chi connectivity index (χ4v) is 5.79. The Morgan fingerprint density at radius 1 is 1.10 bits per heavy atom. The van der Waals surface area contributed by atoms with Crippen LogP contribution in [-0.2, 0) is 19.9 Å². The van der Waals surface area contributed by atoms with E-state index in [1.807, 2.05) is 0 Å². The lowest BCUT2D eigenvalue weighted by Crippen LogP contribution is -2.32. The van der Waals surface area contributed by atoms with Crippen LogP contribution in [0, 0.1) is 5.82 Å². The Morgan fingerprint density at radius 2 is 1.80 bits per heavy atom. The van der Waals surface area contributed by atoms with Gasteiger partial charge in [0.25, 0.3) is 0 Å². The summed E-state index contributed by atoms with van der Waals surface area (Å²) in [6, 6.07) is 11.4. The lowest BCUT2D eigenvalue weighted by atomic mass is 10.3. The molecule has 0 unspecified atom stereocenters. The molecule has 0 saturated heterocycles. The zero-order valence-electron chi connectivity index (χ0n) is 15.6. The van der Waals surface area contributed by atoms with Crippen LogP contribution in [0.4, 0.5) is 4.39 Å². The van der Waals surface area contributed by atoms with Crippen LogP contribution in [0.2, 0.25) is 5.02 Å². The fraction of sp³-hybridized carbons (Fsp3) is 0.158. The van der Waals surface area contributed by atoms with Crippen LogP contribution in [0.15, 0.2) is 75.1 Å². The Balaban J connectivity index is 1.96. The van der Waals surface area contributed by atoms with Crippen molar-refractivity contribution in [3.05, 3.63) is 77.5 Å². The number of sulfone groups is 1. The van der Waals surface area contributed by atoms with E-state index in [2.05, 4.69) is 4.72 Å². The van der Waals surface area contributed by atoms with Gasteiger partial charge in [0.15, 0.2) is 9.84 Å². The van der Waals surface area contributed by atoms with Crippen LogP contribution >= 0.6 is 11.6 Å². The van der Waals surface area contributed by atoms with E-state index in [0.717, 1.165) is 12.1 Å². The first kappa shape index (κ1) is 22.3. The average molecular weight is 474 g/mol. The summed E-state index contributed by atoms with van der Waals surface area (Å²) in [6.45, 7) is -0.555. The second-order valence-corrected chi connectivity index (χ2v) is 10.5. The number of sulfonamides is 1. The average Bonchev–Trinajstić information content (AvgIpc) is 3.22. The van der Waals surface area contributed by atoms with Gasteiger partial charge in [-0.25, -0.2) is 25.9 Å². The maximum Gasteiger partial charge on any atom is 0.244 e. The Kier molecular flexibility index (Phi) is 6.51. The van der Waals surface area contributed by atoms with Crippen molar-refractivity contribution in [3.63, 3.8) is 0 Å². The van der Waals surface area contributed by atoms with E-state index < -0.39 is 42.4 Å². The summed E-state index contributed by atoms with van der Waals surface area (Å²) in [5.74, 6) is -0.828. The molecule has 0 aliphatic heterocycles. The molecule has 1 aromatic heterocycles. The Morgan fingerprint density at radius 3 is 2.40 bits per heavy atom. The summed E-state index contributed by atoms with van der Waals surface area (Å²) in [5.41, 5.74) is 0. The van der Waals surface area contributed by atoms with Crippen LogP contribution in [-0.4, -0.2) is 30.5 Å². The van der Waals surface area contributed by atoms with Gasteiger partial charge < -0.3 is 9.15 Å². The molecule has 0 spiro atoms. The Labute approximate surface area is 178 Å². The molecular formula is C19H17ClFNO6S2. The van der Waals surface area contributed by atoms with Crippen LogP contribution < -0.4 is 9.46 Å². The van der Waals surface area contributed by atoms with Gasteiger partial charge in [0.1, 0.15) is 27.5 Å². The van der Waals surface area contributed by atoms with Gasteiger partial charge in [0.2, 0.25) is 10.0 Å². The number of hydrogen-bond donors (Lipinski definition) is 1. The molecule has 3 rings (SSSR count). The molecule has 0 bridgehead atoms. The first-order chi connectivity index (χ1) is 14.1. The lowest BCUT2D eigenvalue weighted by molar-refractivity contribution is 0.400. The quantitative estimate of drug-likeness (QED) is 0.536. The van der Waals surface area contributed by atoms with Gasteiger partial charge in [-0.05, 0) is 54.6 Å². The molecule has 0 saturated carbocycles. The third-order valence-electron chi connectivity index (χ3n) is 4.25. The van der Waals surface area contributed by atoms with Crippen molar-refractivity contribution in [2.24, 2.45) is 0 Å². The maximum absolute atomic E-state index is 13.6. The van der Waals surface area contributed by atoms with E-state index in [4.69, 9.17) is 20.8 Å². The minimum absolute atomic E-state index is 0.0406. The number of halogens is 2. The molecule has 11 heteroatoms. The summed E-state index contributed by atoms with van der Waals surface area (Å²) in [6.07, 6.45) is 1.28. The first-order valence-corrected chi connectivity index (χ1v) is 11.9. The molecule has 0 fully saturated rings. The van der Waals surface area contributed by atoms with E-state index in [9.17, 15) is 21.2 Å². The monoisotopic (exact) mass is 473 g/mol. The smallest absolute Gasteiger partial charge is 0.244 e. The van der Waals surface area contributed by atoms with Gasteiger partial charge in [-0.15, -0.1) is 0 Å². The normalized spacial score (nSPS) is 13.2. The number of furan rings is 1. The van der Waals surface area contributed by atoms with Gasteiger partial charge >= 0.3 is 0 Å². The second kappa shape index (κ2) is 8.76. The van der Waals surface area contributed by atoms with Crippen molar-refractivity contribution in [2.75, 3.05) is 13.7 Å². The molecule has 0 amide bonds. The minimum Gasteiger partial charge on any atom is -0.495 e. The van der Waals surface area contributed by atoms with Crippen molar-refractivity contribution >= 4 is 31.5 Å². The molecule has 3 aromatic rings. The Hall–Kier alpha value is -2.40. The third-order valence-corrected chi connectivity index (χ3v) is 8.03. The van der Waals surface area contributed by atoms with Crippen molar-refractivity contribution in [2.45, 2.75) is 15.0 Å². The summed E-state index contributed by atoms with van der Waals surface area (Å²) in [7, 11) is -7.12. The number of rotatable bonds is 8. The zero-order chi connectivity index (χ0) is 21.9. The van der Waals surface area contributed by atoms with Crippen LogP contribution in [0.3, 0.4) is 0 Å². The van der Waals surface area contributed by atoms with E-state index >= 15 is 0 Å². The van der Waals surface area contributed by atoms with Crippen molar-refractivity contribution in [1.29, 1.82) is 0 Å². The van der Waals surface area contributed by atoms with Gasteiger partial charge in [-0.1, -0.05) is 11.6 Å². The topological polar surface area (TPSA) is 103 Å². The molecule has 1 atom stereocenters. The molecular weight excluding hydrogens is 457 g/mol. The number of nitrogens with one attached hydrogen (secondary N) is 1. The highest BCUT2D eigenvalue weighted by Gasteiger charge is 2.33. The summed E-state index contributed by atoms with van der Waals surface area (Å²) in [5, 5.41) is -1.02. The first-order valence-electron chi connectivity index (χ1n) is 8.51. The molecule has 1 heterocycles. The molecule has 2 aromatic carbocycles. The SMILES string of the molecule is COc1ccc(F)cc1S(=O)(=O)NC[C@@H](c1ccco1)S(=O)(=O)c1ccc(Cl)cc1. The molecule has 7 nitrogen and oxygen atoms in total. The zero-order valence-corrected chi connectivity index (χ0v) is 18.0.